The number of hydrogen-bond acceptors (Lipinski definition) is 4. The Morgan fingerprint density at radius 3 is 1.00 bits per heavy atom. The van der Waals surface area contributed by atoms with E-state index in [1.54, 1.807) is 0 Å². The Morgan fingerprint density at radius 2 is 1.00 bits per heavy atom. The summed E-state index contributed by atoms with van der Waals surface area (Å²) in [5, 5.41) is 0. The molecule has 0 saturated heterocycles. The van der Waals surface area contributed by atoms with Gasteiger partial charge in [0.25, 0.3) is 0 Å². The fraction of sp³-hybridized carbons (Fsp3) is 0. The Hall–Kier alpha value is -0.444. The molecule has 4 nitrogen and oxygen atoms in total. The molecular formula is C4CoIO4. The van der Waals surface area contributed by atoms with Gasteiger partial charge in [-0.25, -0.2) is 0 Å². The Morgan fingerprint density at radius 1 is 0.800 bits per heavy atom. The molecule has 0 atom stereocenters. The molecule has 6 heteroatoms. The van der Waals surface area contributed by atoms with Crippen LogP contribution in [0.5, 0.6) is 0 Å². The Kier molecular flexibility index (Phi) is 2.54. The van der Waals surface area contributed by atoms with Gasteiger partial charge in [0, 0.05) is 0 Å². The van der Waals surface area contributed by atoms with Crippen molar-refractivity contribution in [3.63, 3.8) is 0 Å². The molecule has 0 aliphatic carbocycles. The van der Waals surface area contributed by atoms with Gasteiger partial charge in [0.2, 0.25) is 0 Å². The van der Waals surface area contributed by atoms with Crippen molar-refractivity contribution in [1.29, 1.82) is 0 Å². The summed E-state index contributed by atoms with van der Waals surface area (Å²) in [6.45, 7) is -4.39. The summed E-state index contributed by atoms with van der Waals surface area (Å²) in [7, 11) is 0. The minimum atomic E-state index is -4.39. The summed E-state index contributed by atoms with van der Waals surface area (Å²) >= 11 is 1.10. The first-order valence-corrected chi connectivity index (χ1v) is 7.05. The Balaban J connectivity index is 8.22. The fourth-order valence-electron chi connectivity index (χ4n) is 0.0833. The van der Waals surface area contributed by atoms with Gasteiger partial charge in [-0.05, 0) is 0 Å². The first-order chi connectivity index (χ1) is 4.54. The molecule has 0 radical (unpaired) electrons. The van der Waals surface area contributed by atoms with E-state index in [1.165, 1.54) is 0 Å². The van der Waals surface area contributed by atoms with E-state index in [1.807, 2.05) is 0 Å². The zero-order valence-corrected chi connectivity index (χ0v) is 7.54. The van der Waals surface area contributed by atoms with Crippen LogP contribution in [0, 0.1) is 0 Å². The molecular weight excluding hydrogens is 298 g/mol. The zero-order valence-electron chi connectivity index (χ0n) is 4.34. The van der Waals surface area contributed by atoms with Gasteiger partial charge in [-0.2, -0.15) is 0 Å². The standard InChI is InChI=1S/4CO.Co.HI/c4*1-2;;/h;;;;;1H/q;;;;+1;/p-1. The minimum absolute atomic E-state index is 1.04. The monoisotopic (exact) mass is 298 g/mol. The molecule has 0 fully saturated rings. The van der Waals surface area contributed by atoms with E-state index in [0.29, 0.717) is 0 Å². The molecule has 0 amide bonds. The van der Waals surface area contributed by atoms with Gasteiger partial charge in [0.15, 0.2) is 0 Å². The van der Waals surface area contributed by atoms with Crippen LogP contribution >= 0.6 is 20.4 Å². The van der Waals surface area contributed by atoms with Crippen LogP contribution < -0.4 is 0 Å². The number of halogens is 1. The maximum atomic E-state index is 9.98. The van der Waals surface area contributed by atoms with Crippen LogP contribution in [-0.2, 0) is 25.8 Å². The molecule has 0 aromatic rings. The van der Waals surface area contributed by atoms with E-state index in [4.69, 9.17) is 0 Å². The SMILES string of the molecule is O=[C]=[Co]([I])(=[C]=O)(=[C]=O)=[C]=O. The van der Waals surface area contributed by atoms with Crippen LogP contribution in [0.2, 0.25) is 0 Å². The third kappa shape index (κ3) is 1.34. The van der Waals surface area contributed by atoms with Crippen molar-refractivity contribution in [3.8, 4) is 0 Å². The molecule has 0 spiro atoms. The molecule has 0 aromatic heterocycles. The summed E-state index contributed by atoms with van der Waals surface area (Å²) in [5.74, 6) is 0. The van der Waals surface area contributed by atoms with Gasteiger partial charge in [-0.15, -0.1) is 0 Å². The quantitative estimate of drug-likeness (QED) is 0.554. The topological polar surface area (TPSA) is 68.3 Å². The molecule has 0 bridgehead atoms. The first kappa shape index (κ1) is 9.56. The van der Waals surface area contributed by atoms with Crippen LogP contribution in [-0.4, -0.2) is 19.3 Å². The van der Waals surface area contributed by atoms with Gasteiger partial charge in [-0.1, -0.05) is 0 Å². The van der Waals surface area contributed by atoms with Gasteiger partial charge >= 0.3 is 65.5 Å². The molecule has 0 aromatic carbocycles. The van der Waals surface area contributed by atoms with Crippen molar-refractivity contribution in [2.75, 3.05) is 0 Å². The summed E-state index contributed by atoms with van der Waals surface area (Å²) < 4.78 is 0. The molecule has 0 rings (SSSR count). The molecule has 0 unspecified atom stereocenters. The van der Waals surface area contributed by atoms with Crippen LogP contribution in [0.15, 0.2) is 0 Å². The third-order valence-corrected chi connectivity index (χ3v) is 4.53. The average molecular weight is 298 g/mol. The van der Waals surface area contributed by atoms with Crippen molar-refractivity contribution in [2.45, 2.75) is 0 Å². The summed E-state index contributed by atoms with van der Waals surface area (Å²) in [6.07, 6.45) is 0. The van der Waals surface area contributed by atoms with Crippen molar-refractivity contribution in [1.82, 2.24) is 0 Å². The molecule has 0 aliphatic rings. The molecule has 10 heavy (non-hydrogen) atoms. The van der Waals surface area contributed by atoms with E-state index >= 15 is 0 Å². The second-order valence-electron chi connectivity index (χ2n) is 1.02. The summed E-state index contributed by atoms with van der Waals surface area (Å²) in [5.41, 5.74) is 0. The zero-order chi connectivity index (χ0) is 8.28. The van der Waals surface area contributed by atoms with Gasteiger partial charge in [0.05, 0.1) is 0 Å². The van der Waals surface area contributed by atoms with E-state index in [0.717, 1.165) is 39.7 Å². The van der Waals surface area contributed by atoms with Crippen molar-refractivity contribution in [3.05, 3.63) is 0 Å². The number of rotatable bonds is 0. The fourth-order valence-corrected chi connectivity index (χ4v) is 0.344. The van der Waals surface area contributed by atoms with Crippen molar-refractivity contribution < 1.29 is 25.8 Å². The van der Waals surface area contributed by atoms with Gasteiger partial charge in [-0.3, -0.25) is 0 Å². The third-order valence-electron chi connectivity index (χ3n) is 0.511. The van der Waals surface area contributed by atoms with Crippen LogP contribution in [0.4, 0.5) is 0 Å². The van der Waals surface area contributed by atoms with Crippen LogP contribution in [0.1, 0.15) is 0 Å². The Bertz CT molecular complexity index is 454. The first-order valence-electron chi connectivity index (χ1n) is 1.61. The molecule has 0 saturated carbocycles. The Labute approximate surface area is 65.4 Å². The van der Waals surface area contributed by atoms with Crippen LogP contribution in [0.3, 0.4) is 0 Å². The van der Waals surface area contributed by atoms with Gasteiger partial charge in [0.1, 0.15) is 0 Å². The summed E-state index contributed by atoms with van der Waals surface area (Å²) in [6, 6.07) is 0. The predicted molar refractivity (Wildman–Crippen MR) is 36.8 cm³/mol. The van der Waals surface area contributed by atoms with E-state index in [-0.39, 0.29) is 0 Å². The molecule has 0 N–H and O–H groups in total. The van der Waals surface area contributed by atoms with E-state index in [2.05, 4.69) is 0 Å². The van der Waals surface area contributed by atoms with Crippen molar-refractivity contribution in [2.24, 2.45) is 0 Å². The molecule has 0 heterocycles. The number of hydrogen-bond donors (Lipinski definition) is 0. The average Bonchev–Trinajstić information content (AvgIpc) is 2.04. The molecule has 56 valence electrons. The van der Waals surface area contributed by atoms with Gasteiger partial charge < -0.3 is 0 Å². The molecule has 0 aliphatic heterocycles. The summed E-state index contributed by atoms with van der Waals surface area (Å²) in [4.78, 5) is 44.1. The predicted octanol–water partition coefficient (Wildman–Crippen LogP) is -0.705. The second kappa shape index (κ2) is 2.66. The van der Waals surface area contributed by atoms with Crippen molar-refractivity contribution >= 4 is 39.7 Å². The van der Waals surface area contributed by atoms with E-state index in [9.17, 15) is 19.2 Å². The normalized spacial score (nSPS) is 12.7. The maximum absolute atomic E-state index is 9.98. The van der Waals surface area contributed by atoms with E-state index < -0.39 is 6.62 Å². The number of carbonyl (C=O) groups excluding carboxylic acids is 4. The van der Waals surface area contributed by atoms with Crippen LogP contribution in [0.25, 0.3) is 0 Å². The second-order valence-corrected chi connectivity index (χ2v) is 10.2.